The number of halogens is 6. The van der Waals surface area contributed by atoms with Gasteiger partial charge in [0.05, 0.1) is 11.1 Å². The lowest BCUT2D eigenvalue weighted by molar-refractivity contribution is -0.143. The topological polar surface area (TPSA) is 26.5 Å². The fourth-order valence-electron chi connectivity index (χ4n) is 4.20. The summed E-state index contributed by atoms with van der Waals surface area (Å²) in [6, 6.07) is 18.2. The molecule has 3 nitrogen and oxygen atoms in total. The molecule has 0 fully saturated rings. The zero-order valence-electron chi connectivity index (χ0n) is 19.9. The van der Waals surface area contributed by atoms with E-state index in [-0.39, 0.29) is 18.2 Å². The number of fused-ring (bicyclic) bond motifs is 1. The van der Waals surface area contributed by atoms with E-state index >= 15 is 0 Å². The maximum atomic E-state index is 13.9. The van der Waals surface area contributed by atoms with E-state index in [1.165, 1.54) is 11.8 Å². The molecule has 4 aromatic rings. The van der Waals surface area contributed by atoms with Gasteiger partial charge in [-0.05, 0) is 53.6 Å². The predicted molar refractivity (Wildman–Crippen MR) is 145 cm³/mol. The van der Waals surface area contributed by atoms with Crippen LogP contribution in [0.2, 0.25) is 0 Å². The lowest BCUT2D eigenvalue weighted by atomic mass is 10.0. The van der Waals surface area contributed by atoms with Crippen LogP contribution < -0.4 is 4.74 Å². The molecule has 1 aliphatic rings. The van der Waals surface area contributed by atoms with Crippen molar-refractivity contribution in [3.8, 4) is 5.75 Å². The number of rotatable bonds is 6. The molecule has 0 aliphatic carbocycles. The highest BCUT2D eigenvalue weighted by molar-refractivity contribution is 8.26. The van der Waals surface area contributed by atoms with Crippen LogP contribution in [0.4, 0.5) is 26.3 Å². The van der Waals surface area contributed by atoms with Gasteiger partial charge in [-0.1, -0.05) is 60.4 Å². The largest absolute Gasteiger partial charge is 0.489 e. The zero-order chi connectivity index (χ0) is 27.8. The van der Waals surface area contributed by atoms with Gasteiger partial charge in [-0.15, -0.1) is 0 Å². The number of hydrogen-bond acceptors (Lipinski definition) is 3. The minimum absolute atomic E-state index is 0.159. The Hall–Kier alpha value is -3.57. The minimum atomic E-state index is -4.98. The molecule has 200 valence electrons. The normalized spacial score (nSPS) is 15.0. The number of aliphatic imine (C=N–C) groups is 1. The van der Waals surface area contributed by atoms with Gasteiger partial charge in [-0.25, -0.2) is 4.99 Å². The molecule has 39 heavy (non-hydrogen) atoms. The summed E-state index contributed by atoms with van der Waals surface area (Å²) in [4.78, 5) is 4.73. The van der Waals surface area contributed by atoms with Gasteiger partial charge in [0, 0.05) is 34.3 Å². The molecule has 0 amide bonds. The molecule has 0 radical (unpaired) electrons. The van der Waals surface area contributed by atoms with Crippen LogP contribution in [-0.4, -0.2) is 15.1 Å². The third kappa shape index (κ3) is 6.20. The first-order valence-corrected chi connectivity index (χ1v) is 12.7. The Bertz CT molecular complexity index is 1600. The second-order valence-corrected chi connectivity index (χ2v) is 10.4. The molecule has 0 unspecified atom stereocenters. The first-order chi connectivity index (χ1) is 18.5. The van der Waals surface area contributed by atoms with Gasteiger partial charge in [0.1, 0.15) is 12.4 Å². The fraction of sp³-hybridized carbons (Fsp3) is 0.143. The molecule has 1 aromatic heterocycles. The highest BCUT2D eigenvalue weighted by Crippen LogP contribution is 2.38. The SMILES string of the molecule is FC(F)(F)c1ccc(Cn2c(/C=C3\C=NC(=S)S3)cc3cc(OCc4ccccc4)ccc32)c(C(F)(F)F)c1. The Morgan fingerprint density at radius 3 is 2.33 bits per heavy atom. The van der Waals surface area contributed by atoms with E-state index in [9.17, 15) is 26.3 Å². The summed E-state index contributed by atoms with van der Waals surface area (Å²) < 4.78 is 89.1. The van der Waals surface area contributed by atoms with Crippen molar-refractivity contribution < 1.29 is 31.1 Å². The summed E-state index contributed by atoms with van der Waals surface area (Å²) in [5.41, 5.74) is -0.887. The molecule has 0 atom stereocenters. The Balaban J connectivity index is 1.56. The number of ether oxygens (including phenoxy) is 1. The van der Waals surface area contributed by atoms with Crippen molar-refractivity contribution in [1.29, 1.82) is 0 Å². The Kier molecular flexibility index (Phi) is 7.30. The van der Waals surface area contributed by atoms with E-state index in [2.05, 4.69) is 4.99 Å². The molecule has 0 N–H and O–H groups in total. The van der Waals surface area contributed by atoms with Gasteiger partial charge in [-0.2, -0.15) is 26.3 Å². The smallest absolute Gasteiger partial charge is 0.416 e. The van der Waals surface area contributed by atoms with Crippen LogP contribution in [0.5, 0.6) is 5.75 Å². The third-order valence-electron chi connectivity index (χ3n) is 6.02. The van der Waals surface area contributed by atoms with E-state index in [0.717, 1.165) is 11.6 Å². The van der Waals surface area contributed by atoms with Crippen LogP contribution in [0.15, 0.2) is 82.7 Å². The van der Waals surface area contributed by atoms with Crippen LogP contribution in [0.25, 0.3) is 17.0 Å². The van der Waals surface area contributed by atoms with Gasteiger partial charge in [0.25, 0.3) is 0 Å². The van der Waals surface area contributed by atoms with Gasteiger partial charge >= 0.3 is 12.4 Å². The van der Waals surface area contributed by atoms with Crippen molar-refractivity contribution in [2.24, 2.45) is 4.99 Å². The molecule has 2 heterocycles. The highest BCUT2D eigenvalue weighted by atomic mass is 32.2. The Morgan fingerprint density at radius 2 is 1.67 bits per heavy atom. The molecule has 3 aromatic carbocycles. The molecule has 0 saturated heterocycles. The number of benzene rings is 3. The van der Waals surface area contributed by atoms with E-state index in [1.807, 2.05) is 30.3 Å². The van der Waals surface area contributed by atoms with Crippen molar-refractivity contribution in [2.45, 2.75) is 25.5 Å². The average Bonchev–Trinajstić information content (AvgIpc) is 3.44. The molecule has 5 rings (SSSR count). The van der Waals surface area contributed by atoms with Crippen LogP contribution in [0, 0.1) is 0 Å². The van der Waals surface area contributed by atoms with Crippen molar-refractivity contribution >= 4 is 51.5 Å². The third-order valence-corrected chi connectivity index (χ3v) is 7.11. The minimum Gasteiger partial charge on any atom is -0.489 e. The summed E-state index contributed by atoms with van der Waals surface area (Å²) in [5, 5.41) is 0.690. The first-order valence-electron chi connectivity index (χ1n) is 11.5. The van der Waals surface area contributed by atoms with E-state index in [0.29, 0.717) is 44.2 Å². The lowest BCUT2D eigenvalue weighted by Gasteiger charge is -2.18. The van der Waals surface area contributed by atoms with Crippen molar-refractivity contribution in [3.63, 3.8) is 0 Å². The Labute approximate surface area is 228 Å². The molecule has 1 aliphatic heterocycles. The van der Waals surface area contributed by atoms with Crippen LogP contribution in [0.3, 0.4) is 0 Å². The number of nitrogens with zero attached hydrogens (tertiary/aromatic N) is 2. The van der Waals surface area contributed by atoms with Crippen LogP contribution in [0.1, 0.15) is 27.9 Å². The van der Waals surface area contributed by atoms with E-state index in [1.54, 1.807) is 41.1 Å². The average molecular weight is 577 g/mol. The summed E-state index contributed by atoms with van der Waals surface area (Å²) in [5.74, 6) is 0.561. The highest BCUT2D eigenvalue weighted by Gasteiger charge is 2.38. The summed E-state index contributed by atoms with van der Waals surface area (Å²) in [6.07, 6.45) is -6.59. The Morgan fingerprint density at radius 1 is 0.897 bits per heavy atom. The summed E-state index contributed by atoms with van der Waals surface area (Å²) in [7, 11) is 0. The zero-order valence-corrected chi connectivity index (χ0v) is 21.5. The first kappa shape index (κ1) is 27.0. The molecular formula is C28H18F6N2OS2. The summed E-state index contributed by atoms with van der Waals surface area (Å²) in [6.45, 7) is 0.0150. The number of thiocarbonyl (C=S) groups is 1. The maximum absolute atomic E-state index is 13.9. The number of hydrogen-bond donors (Lipinski definition) is 0. The van der Waals surface area contributed by atoms with E-state index in [4.69, 9.17) is 17.0 Å². The fourth-order valence-corrected chi connectivity index (χ4v) is 5.14. The molecule has 0 spiro atoms. The molecule has 11 heteroatoms. The van der Waals surface area contributed by atoms with Gasteiger partial charge in [0.2, 0.25) is 0 Å². The predicted octanol–water partition coefficient (Wildman–Crippen LogP) is 8.75. The van der Waals surface area contributed by atoms with Crippen LogP contribution >= 0.6 is 24.0 Å². The maximum Gasteiger partial charge on any atom is 0.416 e. The van der Waals surface area contributed by atoms with Gasteiger partial charge < -0.3 is 9.30 Å². The number of allylic oxidation sites excluding steroid dienone is 1. The number of thioether (sulfide) groups is 1. The van der Waals surface area contributed by atoms with Gasteiger partial charge in [0.15, 0.2) is 4.32 Å². The lowest BCUT2D eigenvalue weighted by Crippen LogP contribution is -2.15. The van der Waals surface area contributed by atoms with Crippen molar-refractivity contribution in [3.05, 3.63) is 106 Å². The molecule has 0 saturated carbocycles. The second-order valence-electron chi connectivity index (χ2n) is 8.69. The summed E-state index contributed by atoms with van der Waals surface area (Å²) >= 11 is 6.32. The quantitative estimate of drug-likeness (QED) is 0.170. The van der Waals surface area contributed by atoms with Crippen molar-refractivity contribution in [1.82, 2.24) is 4.57 Å². The molecular weight excluding hydrogens is 558 g/mol. The molecule has 0 bridgehead atoms. The van der Waals surface area contributed by atoms with E-state index < -0.39 is 23.5 Å². The second kappa shape index (κ2) is 10.5. The van der Waals surface area contributed by atoms with Crippen LogP contribution in [-0.2, 0) is 25.5 Å². The number of aromatic nitrogens is 1. The monoisotopic (exact) mass is 576 g/mol. The number of alkyl halides is 6. The standard InChI is InChI=1S/C28H18F6N2OS2/c29-27(30,31)20-7-6-18(24(12-20)28(32,33)34)15-36-21(13-23-14-35-26(38)39-23)10-19-11-22(8-9-25(19)36)37-16-17-4-2-1-3-5-17/h1-14H,15-16H2/b23-13+. The van der Waals surface area contributed by atoms with Crippen molar-refractivity contribution in [2.75, 3.05) is 0 Å². The van der Waals surface area contributed by atoms with Gasteiger partial charge in [-0.3, -0.25) is 0 Å².